The molecule has 1 aliphatic rings. The van der Waals surface area contributed by atoms with Gasteiger partial charge < -0.3 is 28.6 Å². The lowest BCUT2D eigenvalue weighted by Crippen LogP contribution is -2.53. The van der Waals surface area contributed by atoms with E-state index < -0.39 is 5.92 Å². The molecule has 1 aliphatic heterocycles. The molecule has 0 aromatic heterocycles. The summed E-state index contributed by atoms with van der Waals surface area (Å²) in [7, 11) is 7.89. The Labute approximate surface area is 193 Å². The Balaban J connectivity index is 1.84. The van der Waals surface area contributed by atoms with Crippen LogP contribution in [0.15, 0.2) is 60.7 Å². The molecule has 1 saturated heterocycles. The van der Waals surface area contributed by atoms with Crippen LogP contribution < -0.4 is 28.6 Å². The van der Waals surface area contributed by atoms with Gasteiger partial charge in [-0.15, -0.1) is 0 Å². The predicted molar refractivity (Wildman–Crippen MR) is 125 cm³/mol. The monoisotopic (exact) mass is 449 g/mol. The highest BCUT2D eigenvalue weighted by atomic mass is 16.5. The maximum absolute atomic E-state index is 13.6. The van der Waals surface area contributed by atoms with Crippen LogP contribution >= 0.6 is 0 Å². The number of amides is 1. The van der Waals surface area contributed by atoms with E-state index >= 15 is 0 Å². The molecule has 0 unspecified atom stereocenters. The molecule has 0 N–H and O–H groups in total. The van der Waals surface area contributed by atoms with Crippen molar-refractivity contribution in [1.29, 1.82) is 0 Å². The number of carbonyl (C=O) groups is 1. The Hall–Kier alpha value is -3.87. The van der Waals surface area contributed by atoms with Crippen LogP contribution in [0.5, 0.6) is 28.7 Å². The number of β-lactam (4-membered cyclic amide) rings is 1. The molecule has 7 nitrogen and oxygen atoms in total. The standard InChI is InChI=1S/C26H27NO6/c1-29-18-12-10-16(11-13-18)24-23(19-8-6-7-9-20(19)30-2)26(28)27(24)17-14-21(31-3)25(33-5)22(15-17)32-4/h6-15,23-24H,1-5H3/t23-,24-/m1/s1. The van der Waals surface area contributed by atoms with Gasteiger partial charge in [0.15, 0.2) is 11.5 Å². The molecule has 0 radical (unpaired) electrons. The summed E-state index contributed by atoms with van der Waals surface area (Å²) in [5.41, 5.74) is 2.47. The van der Waals surface area contributed by atoms with Crippen molar-refractivity contribution in [2.24, 2.45) is 0 Å². The second kappa shape index (κ2) is 9.32. The predicted octanol–water partition coefficient (Wildman–Crippen LogP) is 4.60. The molecule has 0 aliphatic carbocycles. The fourth-order valence-corrected chi connectivity index (χ4v) is 4.35. The molecule has 172 valence electrons. The lowest BCUT2D eigenvalue weighted by atomic mass is 9.77. The second-order valence-electron chi connectivity index (χ2n) is 7.53. The Kier molecular flexibility index (Phi) is 6.31. The first-order valence-electron chi connectivity index (χ1n) is 10.5. The summed E-state index contributed by atoms with van der Waals surface area (Å²) in [5, 5.41) is 0. The van der Waals surface area contributed by atoms with Crippen LogP contribution in [0.4, 0.5) is 5.69 Å². The molecule has 0 bridgehead atoms. The van der Waals surface area contributed by atoms with Gasteiger partial charge in [0.25, 0.3) is 0 Å². The van der Waals surface area contributed by atoms with E-state index in [0.717, 1.165) is 16.9 Å². The van der Waals surface area contributed by atoms with Gasteiger partial charge in [0.1, 0.15) is 11.5 Å². The van der Waals surface area contributed by atoms with Crippen LogP contribution in [-0.2, 0) is 4.79 Å². The summed E-state index contributed by atoms with van der Waals surface area (Å²) in [6, 6.07) is 18.7. The third-order valence-electron chi connectivity index (χ3n) is 5.96. The van der Waals surface area contributed by atoms with Gasteiger partial charge in [0.05, 0.1) is 53.2 Å². The van der Waals surface area contributed by atoms with Crippen LogP contribution in [0.3, 0.4) is 0 Å². The van der Waals surface area contributed by atoms with E-state index in [1.807, 2.05) is 48.5 Å². The van der Waals surface area contributed by atoms with Crippen molar-refractivity contribution in [1.82, 2.24) is 0 Å². The van der Waals surface area contributed by atoms with E-state index in [4.69, 9.17) is 23.7 Å². The molecule has 1 fully saturated rings. The molecular weight excluding hydrogens is 422 g/mol. The van der Waals surface area contributed by atoms with E-state index in [1.165, 1.54) is 0 Å². The van der Waals surface area contributed by atoms with E-state index in [1.54, 1.807) is 52.6 Å². The van der Waals surface area contributed by atoms with Gasteiger partial charge in [0.2, 0.25) is 11.7 Å². The second-order valence-corrected chi connectivity index (χ2v) is 7.53. The minimum atomic E-state index is -0.409. The zero-order valence-electron chi connectivity index (χ0n) is 19.3. The molecule has 4 rings (SSSR count). The number of hydrogen-bond acceptors (Lipinski definition) is 6. The van der Waals surface area contributed by atoms with E-state index in [0.29, 0.717) is 28.7 Å². The Morgan fingerprint density at radius 3 is 1.85 bits per heavy atom. The van der Waals surface area contributed by atoms with Crippen molar-refractivity contribution in [2.75, 3.05) is 40.4 Å². The van der Waals surface area contributed by atoms with Crippen LogP contribution in [0.2, 0.25) is 0 Å². The molecule has 0 spiro atoms. The lowest BCUT2D eigenvalue weighted by molar-refractivity contribution is -0.126. The first kappa shape index (κ1) is 22.3. The van der Waals surface area contributed by atoms with Gasteiger partial charge in [-0.1, -0.05) is 30.3 Å². The number of rotatable bonds is 8. The number of nitrogens with zero attached hydrogens (tertiary/aromatic N) is 1. The fraction of sp³-hybridized carbons (Fsp3) is 0.269. The number of benzene rings is 3. The summed E-state index contributed by atoms with van der Waals surface area (Å²) in [4.78, 5) is 15.4. The zero-order valence-corrected chi connectivity index (χ0v) is 19.3. The SMILES string of the molecule is COc1ccc([C@@H]2[C@@H](c3ccccc3OC)C(=O)N2c2cc(OC)c(OC)c(OC)c2)cc1. The number of anilines is 1. The Bertz CT molecular complexity index is 1120. The lowest BCUT2D eigenvalue weighted by Gasteiger charge is -2.48. The van der Waals surface area contributed by atoms with Crippen LogP contribution in [0, 0.1) is 0 Å². The average Bonchev–Trinajstić information content (AvgIpc) is 2.86. The number of ether oxygens (including phenoxy) is 5. The minimum Gasteiger partial charge on any atom is -0.497 e. The summed E-state index contributed by atoms with van der Waals surface area (Å²) >= 11 is 0. The van der Waals surface area contributed by atoms with Crippen molar-refractivity contribution in [3.63, 3.8) is 0 Å². The van der Waals surface area contributed by atoms with Crippen molar-refractivity contribution in [3.8, 4) is 28.7 Å². The van der Waals surface area contributed by atoms with E-state index in [-0.39, 0.29) is 11.9 Å². The van der Waals surface area contributed by atoms with Crippen molar-refractivity contribution in [2.45, 2.75) is 12.0 Å². The van der Waals surface area contributed by atoms with Crippen molar-refractivity contribution in [3.05, 3.63) is 71.8 Å². The highest BCUT2D eigenvalue weighted by Gasteiger charge is 2.51. The topological polar surface area (TPSA) is 66.5 Å². The van der Waals surface area contributed by atoms with E-state index in [2.05, 4.69) is 0 Å². The van der Waals surface area contributed by atoms with Crippen LogP contribution in [0.1, 0.15) is 23.1 Å². The van der Waals surface area contributed by atoms with Gasteiger partial charge in [-0.05, 0) is 23.8 Å². The van der Waals surface area contributed by atoms with Gasteiger partial charge >= 0.3 is 0 Å². The highest BCUT2D eigenvalue weighted by molar-refractivity contribution is 6.07. The largest absolute Gasteiger partial charge is 0.497 e. The quantitative estimate of drug-likeness (QED) is 0.468. The summed E-state index contributed by atoms with van der Waals surface area (Å²) < 4.78 is 27.4. The van der Waals surface area contributed by atoms with E-state index in [9.17, 15) is 4.79 Å². The zero-order chi connectivity index (χ0) is 23.5. The Morgan fingerprint density at radius 1 is 0.697 bits per heavy atom. The number of hydrogen-bond donors (Lipinski definition) is 0. The van der Waals surface area contributed by atoms with Gasteiger partial charge in [0, 0.05) is 17.7 Å². The van der Waals surface area contributed by atoms with Crippen LogP contribution in [0.25, 0.3) is 0 Å². The summed E-state index contributed by atoms with van der Waals surface area (Å²) in [6.45, 7) is 0. The van der Waals surface area contributed by atoms with Crippen molar-refractivity contribution >= 4 is 11.6 Å². The molecule has 1 amide bonds. The number of carbonyl (C=O) groups excluding carboxylic acids is 1. The molecular formula is C26H27NO6. The average molecular weight is 450 g/mol. The normalized spacial score (nSPS) is 17.2. The third kappa shape index (κ3) is 3.80. The Morgan fingerprint density at radius 2 is 1.30 bits per heavy atom. The molecule has 3 aromatic carbocycles. The maximum atomic E-state index is 13.6. The molecule has 7 heteroatoms. The molecule has 1 heterocycles. The highest BCUT2D eigenvalue weighted by Crippen LogP contribution is 2.53. The molecule has 0 saturated carbocycles. The maximum Gasteiger partial charge on any atom is 0.237 e. The summed E-state index contributed by atoms with van der Waals surface area (Å²) in [5.74, 6) is 2.40. The van der Waals surface area contributed by atoms with Crippen LogP contribution in [-0.4, -0.2) is 41.5 Å². The van der Waals surface area contributed by atoms with Gasteiger partial charge in [-0.2, -0.15) is 0 Å². The summed E-state index contributed by atoms with van der Waals surface area (Å²) in [6.07, 6.45) is 0. The number of para-hydroxylation sites is 1. The first-order chi connectivity index (χ1) is 16.1. The molecule has 2 atom stereocenters. The third-order valence-corrected chi connectivity index (χ3v) is 5.96. The van der Waals surface area contributed by atoms with Gasteiger partial charge in [-0.25, -0.2) is 0 Å². The smallest absolute Gasteiger partial charge is 0.237 e. The number of methoxy groups -OCH3 is 5. The van der Waals surface area contributed by atoms with Crippen molar-refractivity contribution < 1.29 is 28.5 Å². The molecule has 3 aromatic rings. The minimum absolute atomic E-state index is 0.0467. The fourth-order valence-electron chi connectivity index (χ4n) is 4.35. The molecule has 33 heavy (non-hydrogen) atoms. The first-order valence-corrected chi connectivity index (χ1v) is 10.5. The van der Waals surface area contributed by atoms with Gasteiger partial charge in [-0.3, -0.25) is 4.79 Å².